The maximum Gasteiger partial charge on any atom is 0.433 e. The van der Waals surface area contributed by atoms with Crippen LogP contribution >= 0.6 is 0 Å². The average Bonchev–Trinajstić information content (AvgIpc) is 2.97. The van der Waals surface area contributed by atoms with Crippen LogP contribution in [0.25, 0.3) is 0 Å². The van der Waals surface area contributed by atoms with E-state index in [1.165, 1.54) is 10.7 Å². The van der Waals surface area contributed by atoms with E-state index in [0.717, 1.165) is 12.4 Å². The molecule has 1 N–H and O–H groups in total. The molecule has 1 aliphatic rings. The van der Waals surface area contributed by atoms with E-state index in [-0.39, 0.29) is 24.6 Å². The van der Waals surface area contributed by atoms with Crippen molar-refractivity contribution in [3.8, 4) is 0 Å². The molecule has 1 aliphatic heterocycles. The van der Waals surface area contributed by atoms with E-state index in [2.05, 4.69) is 20.4 Å². The van der Waals surface area contributed by atoms with Gasteiger partial charge in [-0.2, -0.15) is 18.3 Å². The molecule has 7 nitrogen and oxygen atoms in total. The van der Waals surface area contributed by atoms with Crippen LogP contribution < -0.4 is 10.9 Å². The van der Waals surface area contributed by atoms with Gasteiger partial charge in [0.25, 0.3) is 5.56 Å². The number of halogens is 3. The second-order valence-electron chi connectivity index (χ2n) is 5.40. The van der Waals surface area contributed by atoms with Crippen molar-refractivity contribution in [2.45, 2.75) is 25.2 Å². The molecule has 128 valence electrons. The zero-order chi connectivity index (χ0) is 17.3. The molecule has 2 aromatic heterocycles. The van der Waals surface area contributed by atoms with Crippen LogP contribution in [0.4, 0.5) is 19.0 Å². The van der Waals surface area contributed by atoms with Crippen LogP contribution in [0.5, 0.6) is 0 Å². The number of aromatic nitrogens is 4. The molecule has 2 aromatic rings. The van der Waals surface area contributed by atoms with Crippen molar-refractivity contribution in [1.82, 2.24) is 19.7 Å². The predicted octanol–water partition coefficient (Wildman–Crippen LogP) is 1.41. The lowest BCUT2D eigenvalue weighted by molar-refractivity contribution is -0.141. The van der Waals surface area contributed by atoms with E-state index in [4.69, 9.17) is 4.74 Å². The summed E-state index contributed by atoms with van der Waals surface area (Å²) in [5.74, 6) is 0.0125. The lowest BCUT2D eigenvalue weighted by atomic mass is 10.1. The molecule has 0 aliphatic carbocycles. The summed E-state index contributed by atoms with van der Waals surface area (Å²) in [6.07, 6.45) is -3.72. The summed E-state index contributed by atoms with van der Waals surface area (Å²) in [5.41, 5.74) is -0.690. The first-order chi connectivity index (χ1) is 11.3. The highest BCUT2D eigenvalue weighted by molar-refractivity contribution is 5.37. The van der Waals surface area contributed by atoms with E-state index in [1.807, 2.05) is 0 Å². The highest BCUT2D eigenvalue weighted by atomic mass is 19.4. The van der Waals surface area contributed by atoms with Gasteiger partial charge in [0.15, 0.2) is 0 Å². The van der Waals surface area contributed by atoms with Crippen molar-refractivity contribution >= 4 is 5.82 Å². The Bertz CT molecular complexity index is 792. The van der Waals surface area contributed by atoms with E-state index < -0.39 is 24.0 Å². The third-order valence-corrected chi connectivity index (χ3v) is 3.61. The van der Waals surface area contributed by atoms with Gasteiger partial charge in [0.05, 0.1) is 24.9 Å². The Kier molecular flexibility index (Phi) is 4.22. The van der Waals surface area contributed by atoms with Gasteiger partial charge in [0, 0.05) is 12.1 Å². The first kappa shape index (κ1) is 16.4. The lowest BCUT2D eigenvalue weighted by Crippen LogP contribution is -2.37. The highest BCUT2D eigenvalue weighted by Gasteiger charge is 2.34. The minimum Gasteiger partial charge on any atom is -0.377 e. The number of rotatable bonds is 3. The van der Waals surface area contributed by atoms with Gasteiger partial charge in [0.2, 0.25) is 0 Å². The number of hydrogen-bond donors (Lipinski definition) is 1. The highest BCUT2D eigenvalue weighted by Crippen LogP contribution is 2.29. The zero-order valence-corrected chi connectivity index (χ0v) is 12.6. The van der Waals surface area contributed by atoms with Crippen LogP contribution in [-0.4, -0.2) is 39.0 Å². The van der Waals surface area contributed by atoms with Gasteiger partial charge >= 0.3 is 6.18 Å². The quantitative estimate of drug-likeness (QED) is 0.909. The molecule has 0 amide bonds. The van der Waals surface area contributed by atoms with E-state index >= 15 is 0 Å². The van der Waals surface area contributed by atoms with E-state index in [9.17, 15) is 18.0 Å². The monoisotopic (exact) mass is 341 g/mol. The van der Waals surface area contributed by atoms with Crippen molar-refractivity contribution in [2.75, 3.05) is 18.5 Å². The predicted molar refractivity (Wildman–Crippen MR) is 77.5 cm³/mol. The van der Waals surface area contributed by atoms with Crippen molar-refractivity contribution in [3.63, 3.8) is 0 Å². The summed E-state index contributed by atoms with van der Waals surface area (Å²) in [6, 6.07) is 2.93. The van der Waals surface area contributed by atoms with Gasteiger partial charge in [-0.3, -0.25) is 4.79 Å². The topological polar surface area (TPSA) is 81.9 Å². The Labute approximate surface area is 134 Å². The van der Waals surface area contributed by atoms with Crippen LogP contribution in [-0.2, 0) is 10.9 Å². The Morgan fingerprint density at radius 1 is 1.29 bits per heavy atom. The number of alkyl halides is 3. The molecular weight excluding hydrogens is 327 g/mol. The summed E-state index contributed by atoms with van der Waals surface area (Å²) >= 11 is 0. The van der Waals surface area contributed by atoms with Crippen LogP contribution in [0.1, 0.15) is 17.4 Å². The van der Waals surface area contributed by atoms with Gasteiger partial charge in [-0.15, -0.1) is 0 Å². The lowest BCUT2D eigenvalue weighted by Gasteiger charge is -2.21. The molecule has 0 aromatic carbocycles. The molecule has 0 spiro atoms. The third kappa shape index (κ3) is 3.37. The average molecular weight is 341 g/mol. The van der Waals surface area contributed by atoms with Crippen molar-refractivity contribution in [1.29, 1.82) is 0 Å². The molecule has 24 heavy (non-hydrogen) atoms. The molecule has 2 unspecified atom stereocenters. The van der Waals surface area contributed by atoms with Crippen molar-refractivity contribution in [2.24, 2.45) is 0 Å². The molecule has 0 saturated carbocycles. The second-order valence-corrected chi connectivity index (χ2v) is 5.40. The summed E-state index contributed by atoms with van der Waals surface area (Å²) in [5, 5.41) is 7.05. The molecular formula is C14H14F3N5O2. The molecule has 10 heteroatoms. The van der Waals surface area contributed by atoms with Gasteiger partial charge < -0.3 is 10.1 Å². The van der Waals surface area contributed by atoms with Gasteiger partial charge in [-0.05, 0) is 13.0 Å². The molecule has 1 saturated heterocycles. The minimum absolute atomic E-state index is 0.0125. The van der Waals surface area contributed by atoms with Crippen LogP contribution in [0.3, 0.4) is 0 Å². The first-order valence-corrected chi connectivity index (χ1v) is 7.14. The zero-order valence-electron chi connectivity index (χ0n) is 12.6. The Hall–Kier alpha value is -2.49. The number of nitrogens with zero attached hydrogens (tertiary/aromatic N) is 4. The normalized spacial score (nSPS) is 21.0. The number of ether oxygens (including phenoxy) is 1. The van der Waals surface area contributed by atoms with Gasteiger partial charge in [-0.1, -0.05) is 0 Å². The summed E-state index contributed by atoms with van der Waals surface area (Å²) in [7, 11) is 0. The summed E-state index contributed by atoms with van der Waals surface area (Å²) in [4.78, 5) is 19.0. The molecule has 1 fully saturated rings. The molecule has 3 heterocycles. The summed E-state index contributed by atoms with van der Waals surface area (Å²) in [6.45, 7) is 2.19. The van der Waals surface area contributed by atoms with Crippen molar-refractivity contribution in [3.05, 3.63) is 46.3 Å². The van der Waals surface area contributed by atoms with E-state index in [1.54, 1.807) is 13.0 Å². The van der Waals surface area contributed by atoms with Crippen LogP contribution in [0.15, 0.2) is 29.3 Å². The number of aryl methyl sites for hydroxylation is 1. The summed E-state index contributed by atoms with van der Waals surface area (Å²) < 4.78 is 44.8. The fourth-order valence-corrected chi connectivity index (χ4v) is 2.46. The third-order valence-electron chi connectivity index (χ3n) is 3.61. The number of anilines is 1. The number of hydrogen-bond acceptors (Lipinski definition) is 6. The Morgan fingerprint density at radius 3 is 2.83 bits per heavy atom. The largest absolute Gasteiger partial charge is 0.433 e. The molecule has 2 atom stereocenters. The fraction of sp³-hybridized carbons (Fsp3) is 0.429. The molecule has 0 bridgehead atoms. The van der Waals surface area contributed by atoms with Gasteiger partial charge in [0.1, 0.15) is 23.9 Å². The second kappa shape index (κ2) is 6.19. The first-order valence-electron chi connectivity index (χ1n) is 7.14. The molecule has 0 radical (unpaired) electrons. The van der Waals surface area contributed by atoms with Crippen molar-refractivity contribution < 1.29 is 17.9 Å². The van der Waals surface area contributed by atoms with Crippen LogP contribution in [0.2, 0.25) is 0 Å². The molecule has 3 rings (SSSR count). The maximum absolute atomic E-state index is 12.7. The standard InChI is InChI=1S/C14H14F3N5O2/c1-8-2-3-13(23)22(21-8)10-6-24-5-9(10)20-12-4-11(14(15,16)17)18-7-19-12/h2-4,7,9-10H,5-6H2,1H3,(H,18,19,20). The smallest absolute Gasteiger partial charge is 0.377 e. The maximum atomic E-state index is 12.7. The minimum atomic E-state index is -4.56. The Morgan fingerprint density at radius 2 is 2.08 bits per heavy atom. The fourth-order valence-electron chi connectivity index (χ4n) is 2.46. The SMILES string of the molecule is Cc1ccc(=O)n(C2COCC2Nc2cc(C(F)(F)F)ncn2)n1. The number of nitrogens with one attached hydrogen (secondary N) is 1. The van der Waals surface area contributed by atoms with E-state index in [0.29, 0.717) is 5.69 Å². The van der Waals surface area contributed by atoms with Gasteiger partial charge in [-0.25, -0.2) is 14.6 Å². The Balaban J connectivity index is 1.84. The van der Waals surface area contributed by atoms with Crippen LogP contribution in [0, 0.1) is 6.92 Å².